The Hall–Kier alpha value is -9.30. The maximum Gasteiger partial charge on any atom is 0.0541 e. The summed E-state index contributed by atoms with van der Waals surface area (Å²) in [6.07, 6.45) is 0. The van der Waals surface area contributed by atoms with Gasteiger partial charge >= 0.3 is 0 Å². The fourth-order valence-corrected chi connectivity index (χ4v) is 12.9. The first kappa shape index (κ1) is 38.6. The lowest BCUT2D eigenvalue weighted by Crippen LogP contribution is -1.92. The van der Waals surface area contributed by atoms with Crippen LogP contribution >= 0.6 is 0 Å². The number of aromatic nitrogens is 1. The highest BCUT2D eigenvalue weighted by Gasteiger charge is 2.27. The summed E-state index contributed by atoms with van der Waals surface area (Å²) in [5.41, 5.74) is 13.6. The third-order valence-electron chi connectivity index (χ3n) is 15.8. The van der Waals surface area contributed by atoms with E-state index in [2.05, 4.69) is 253 Å². The van der Waals surface area contributed by atoms with Crippen molar-refractivity contribution in [2.24, 2.45) is 0 Å². The van der Waals surface area contributed by atoms with Gasteiger partial charge in [0.05, 0.1) is 11.0 Å². The molecule has 0 radical (unpaired) electrons. The van der Waals surface area contributed by atoms with Crippen molar-refractivity contribution in [2.75, 3.05) is 0 Å². The third kappa shape index (κ3) is 5.41. The van der Waals surface area contributed by atoms with E-state index in [1.165, 1.54) is 158 Å². The van der Waals surface area contributed by atoms with Crippen molar-refractivity contribution in [3.63, 3.8) is 0 Å². The monoisotopic (exact) mass is 895 g/mol. The average molecular weight is 896 g/mol. The average Bonchev–Trinajstić information content (AvgIpc) is 4.07. The van der Waals surface area contributed by atoms with E-state index in [1.54, 1.807) is 0 Å². The fraction of sp³-hybridized carbons (Fsp3) is 0. The molecule has 0 aliphatic rings. The van der Waals surface area contributed by atoms with E-state index >= 15 is 0 Å². The molecule has 71 heavy (non-hydrogen) atoms. The van der Waals surface area contributed by atoms with Gasteiger partial charge in [-0.3, -0.25) is 0 Å². The predicted octanol–water partition coefficient (Wildman–Crippen LogP) is 19.6. The first-order valence-electron chi connectivity index (χ1n) is 24.7. The molecule has 1 heterocycles. The van der Waals surface area contributed by atoms with Crippen LogP contribution in [0.15, 0.2) is 249 Å². The van der Waals surface area contributed by atoms with Gasteiger partial charge in [-0.05, 0) is 179 Å². The van der Waals surface area contributed by atoms with Crippen LogP contribution in [0.25, 0.3) is 158 Å². The van der Waals surface area contributed by atoms with Gasteiger partial charge in [0.15, 0.2) is 0 Å². The van der Waals surface area contributed by atoms with Gasteiger partial charge in [0.2, 0.25) is 0 Å². The fourth-order valence-electron chi connectivity index (χ4n) is 12.9. The number of nitrogens with zero attached hydrogens (tertiary/aromatic N) is 1. The lowest BCUT2D eigenvalue weighted by Gasteiger charge is -2.19. The zero-order valence-corrected chi connectivity index (χ0v) is 38.6. The van der Waals surface area contributed by atoms with Crippen LogP contribution in [0.2, 0.25) is 0 Å². The minimum atomic E-state index is 1.17. The molecule has 0 amide bonds. The quantitative estimate of drug-likeness (QED) is 0.152. The van der Waals surface area contributed by atoms with E-state index in [0.717, 1.165) is 0 Å². The summed E-state index contributed by atoms with van der Waals surface area (Å²) in [5.74, 6) is 0. The Morgan fingerprint density at radius 2 is 0.718 bits per heavy atom. The lowest BCUT2D eigenvalue weighted by atomic mass is 9.84. The zero-order valence-electron chi connectivity index (χ0n) is 38.6. The number of hydrogen-bond acceptors (Lipinski definition) is 0. The maximum absolute atomic E-state index is 2.53. The molecule has 16 aromatic rings. The van der Waals surface area contributed by atoms with Crippen molar-refractivity contribution in [1.82, 2.24) is 4.57 Å². The third-order valence-corrected chi connectivity index (χ3v) is 15.8. The standard InChI is InChI=1S/C70H41N/c1-4-16-42(17-5-1)64-61-41-60-52-23-11-10-22-51(52)55-26-15-27-56(67(55)60)68(61)65(43-18-6-2-7-19-43)70-58-36-35-50(54-25-14-28-57(66(54)58)69(64)70)48-33-32-44-38-45(30-31-46(44)39-48)47-34-37-63-59(40-47)53-24-12-13-29-62(53)71(63)49-20-8-3-9-21-49/h1-41H. The molecule has 0 N–H and O–H groups in total. The highest BCUT2D eigenvalue weighted by molar-refractivity contribution is 6.45. The first-order chi connectivity index (χ1) is 35.2. The minimum Gasteiger partial charge on any atom is -0.309 e. The summed E-state index contributed by atoms with van der Waals surface area (Å²) in [7, 11) is 0. The highest BCUT2D eigenvalue weighted by Crippen LogP contribution is 2.55. The first-order valence-corrected chi connectivity index (χ1v) is 24.7. The van der Waals surface area contributed by atoms with Gasteiger partial charge in [-0.15, -0.1) is 0 Å². The van der Waals surface area contributed by atoms with E-state index in [0.29, 0.717) is 0 Å². The van der Waals surface area contributed by atoms with E-state index in [1.807, 2.05) is 0 Å². The molecule has 0 fully saturated rings. The number of hydrogen-bond donors (Lipinski definition) is 0. The molecule has 326 valence electrons. The van der Waals surface area contributed by atoms with Crippen LogP contribution in [0.3, 0.4) is 0 Å². The smallest absolute Gasteiger partial charge is 0.0541 e. The molecular formula is C70H41N. The Kier molecular flexibility index (Phi) is 7.95. The van der Waals surface area contributed by atoms with Gasteiger partial charge in [-0.1, -0.05) is 200 Å². The molecule has 0 bridgehead atoms. The van der Waals surface area contributed by atoms with Crippen molar-refractivity contribution in [2.45, 2.75) is 0 Å². The van der Waals surface area contributed by atoms with Gasteiger partial charge < -0.3 is 4.57 Å². The summed E-state index contributed by atoms with van der Waals surface area (Å²) in [6, 6.07) is 93.0. The number of fused-ring (bicyclic) bond motifs is 12. The van der Waals surface area contributed by atoms with Crippen LogP contribution in [0.5, 0.6) is 0 Å². The van der Waals surface area contributed by atoms with Crippen LogP contribution in [0, 0.1) is 0 Å². The van der Waals surface area contributed by atoms with E-state index in [9.17, 15) is 0 Å². The lowest BCUT2D eigenvalue weighted by molar-refractivity contribution is 1.18. The summed E-state index contributed by atoms with van der Waals surface area (Å²) in [4.78, 5) is 0. The Morgan fingerprint density at radius 1 is 0.211 bits per heavy atom. The van der Waals surface area contributed by atoms with Gasteiger partial charge in [-0.25, -0.2) is 0 Å². The minimum absolute atomic E-state index is 1.17. The van der Waals surface area contributed by atoms with Crippen molar-refractivity contribution in [1.29, 1.82) is 0 Å². The molecule has 0 aliphatic heterocycles. The molecular weight excluding hydrogens is 855 g/mol. The largest absolute Gasteiger partial charge is 0.309 e. The Balaban J connectivity index is 0.916. The Labute approximate surface area is 409 Å². The summed E-state index contributed by atoms with van der Waals surface area (Å²) < 4.78 is 2.38. The summed E-state index contributed by atoms with van der Waals surface area (Å²) >= 11 is 0. The second-order valence-corrected chi connectivity index (χ2v) is 19.4. The molecule has 0 unspecified atom stereocenters. The molecule has 0 aliphatic carbocycles. The number of benzene rings is 13. The van der Waals surface area contributed by atoms with Crippen LogP contribution in [-0.4, -0.2) is 4.57 Å². The molecule has 0 spiro atoms. The van der Waals surface area contributed by atoms with Gasteiger partial charge in [0, 0.05) is 16.5 Å². The Morgan fingerprint density at radius 3 is 1.48 bits per heavy atom. The van der Waals surface area contributed by atoms with Crippen LogP contribution in [0.1, 0.15) is 0 Å². The molecule has 1 heteroatoms. The zero-order chi connectivity index (χ0) is 46.3. The van der Waals surface area contributed by atoms with Crippen molar-refractivity contribution < 1.29 is 0 Å². The van der Waals surface area contributed by atoms with Gasteiger partial charge in [0.25, 0.3) is 0 Å². The number of rotatable bonds is 5. The van der Waals surface area contributed by atoms with E-state index in [-0.39, 0.29) is 0 Å². The summed E-state index contributed by atoms with van der Waals surface area (Å²) in [6.45, 7) is 0. The van der Waals surface area contributed by atoms with Crippen LogP contribution in [0.4, 0.5) is 0 Å². The molecule has 1 nitrogen and oxygen atoms in total. The molecule has 0 atom stereocenters. The molecule has 0 saturated carbocycles. The SMILES string of the molecule is c1ccc(-c2c3cc4c5ccccc5c5cccc(c3c(-c3ccccc3)c3c6ccc(-c7ccc8cc(-c9ccc%10c(c9)c9ccccc9n%10-c9ccccc9)ccc8c7)c7cccc(c23)c76)c54)cc1. The van der Waals surface area contributed by atoms with Crippen molar-refractivity contribution in [3.05, 3.63) is 249 Å². The second-order valence-electron chi connectivity index (χ2n) is 19.4. The predicted molar refractivity (Wildman–Crippen MR) is 305 cm³/mol. The van der Waals surface area contributed by atoms with Gasteiger partial charge in [-0.2, -0.15) is 0 Å². The van der Waals surface area contributed by atoms with Crippen LogP contribution in [-0.2, 0) is 0 Å². The summed E-state index contributed by atoms with van der Waals surface area (Å²) in [5, 5.41) is 23.4. The van der Waals surface area contributed by atoms with Crippen LogP contribution < -0.4 is 0 Å². The number of para-hydroxylation sites is 2. The van der Waals surface area contributed by atoms with Gasteiger partial charge in [0.1, 0.15) is 0 Å². The van der Waals surface area contributed by atoms with Crippen molar-refractivity contribution >= 4 is 108 Å². The molecule has 1 aromatic heterocycles. The molecule has 15 aromatic carbocycles. The topological polar surface area (TPSA) is 4.93 Å². The molecule has 16 rings (SSSR count). The van der Waals surface area contributed by atoms with E-state index < -0.39 is 0 Å². The van der Waals surface area contributed by atoms with Crippen molar-refractivity contribution in [3.8, 4) is 50.2 Å². The maximum atomic E-state index is 2.53. The molecule has 0 saturated heterocycles. The second kappa shape index (κ2) is 14.6. The Bertz CT molecular complexity index is 4830. The normalized spacial score (nSPS) is 12.2. The highest BCUT2D eigenvalue weighted by atomic mass is 15.0. The van der Waals surface area contributed by atoms with E-state index in [4.69, 9.17) is 0 Å².